The normalized spacial score (nSPS) is 39.8. The lowest BCUT2D eigenvalue weighted by molar-refractivity contribution is -0.126. The molecule has 2 heteroatoms. The molecule has 1 saturated carbocycles. The van der Waals surface area contributed by atoms with E-state index < -0.39 is 0 Å². The van der Waals surface area contributed by atoms with Gasteiger partial charge in [0.2, 0.25) is 0 Å². The molecule has 0 amide bonds. The van der Waals surface area contributed by atoms with Crippen molar-refractivity contribution < 1.29 is 4.79 Å². The summed E-state index contributed by atoms with van der Waals surface area (Å²) in [5.41, 5.74) is 0. The van der Waals surface area contributed by atoms with Crippen LogP contribution in [0.25, 0.3) is 0 Å². The molecule has 14 heavy (non-hydrogen) atoms. The average molecular weight is 195 g/mol. The van der Waals surface area contributed by atoms with Crippen LogP contribution in [0.1, 0.15) is 39.0 Å². The second-order valence-corrected chi connectivity index (χ2v) is 5.05. The van der Waals surface area contributed by atoms with Gasteiger partial charge in [0.25, 0.3) is 0 Å². The van der Waals surface area contributed by atoms with Crippen LogP contribution in [-0.4, -0.2) is 18.9 Å². The SMILES string of the molecule is CC1CCC(C2CNCCC2=O)CC1. The van der Waals surface area contributed by atoms with Crippen molar-refractivity contribution in [2.75, 3.05) is 13.1 Å². The summed E-state index contributed by atoms with van der Waals surface area (Å²) in [5.74, 6) is 2.43. The number of carbonyl (C=O) groups excluding carboxylic acids is 1. The van der Waals surface area contributed by atoms with Crippen LogP contribution >= 0.6 is 0 Å². The first-order valence-electron chi connectivity index (χ1n) is 6.01. The molecule has 0 radical (unpaired) electrons. The molecular formula is C12H21NO. The van der Waals surface area contributed by atoms with Crippen molar-refractivity contribution in [3.05, 3.63) is 0 Å². The molecule has 0 spiro atoms. The predicted octanol–water partition coefficient (Wildman–Crippen LogP) is 1.99. The largest absolute Gasteiger partial charge is 0.316 e. The standard InChI is InChI=1S/C12H21NO/c1-9-2-4-10(5-3-9)11-8-13-7-6-12(11)14/h9-11,13H,2-8H2,1H3. The summed E-state index contributed by atoms with van der Waals surface area (Å²) in [6, 6.07) is 0. The zero-order valence-corrected chi connectivity index (χ0v) is 9.09. The summed E-state index contributed by atoms with van der Waals surface area (Å²) in [6.07, 6.45) is 5.97. The summed E-state index contributed by atoms with van der Waals surface area (Å²) in [7, 11) is 0. The molecule has 1 N–H and O–H groups in total. The van der Waals surface area contributed by atoms with Crippen LogP contribution in [0.2, 0.25) is 0 Å². The third-order valence-corrected chi connectivity index (χ3v) is 3.96. The molecule has 1 heterocycles. The quantitative estimate of drug-likeness (QED) is 0.693. The summed E-state index contributed by atoms with van der Waals surface area (Å²) in [5, 5.41) is 3.35. The molecule has 2 fully saturated rings. The maximum absolute atomic E-state index is 11.7. The van der Waals surface area contributed by atoms with Gasteiger partial charge in [-0.2, -0.15) is 0 Å². The fourth-order valence-electron chi connectivity index (χ4n) is 2.89. The number of nitrogens with one attached hydrogen (secondary N) is 1. The Morgan fingerprint density at radius 1 is 1.21 bits per heavy atom. The van der Waals surface area contributed by atoms with Gasteiger partial charge in [0, 0.05) is 25.4 Å². The molecule has 0 aromatic rings. The molecule has 0 bridgehead atoms. The van der Waals surface area contributed by atoms with Gasteiger partial charge >= 0.3 is 0 Å². The Labute approximate surface area is 86.5 Å². The van der Waals surface area contributed by atoms with E-state index in [-0.39, 0.29) is 0 Å². The molecule has 1 unspecified atom stereocenters. The van der Waals surface area contributed by atoms with Crippen LogP contribution in [0.5, 0.6) is 0 Å². The first-order chi connectivity index (χ1) is 6.77. The fourth-order valence-corrected chi connectivity index (χ4v) is 2.89. The number of piperidine rings is 1. The van der Waals surface area contributed by atoms with Crippen molar-refractivity contribution in [1.29, 1.82) is 0 Å². The first-order valence-corrected chi connectivity index (χ1v) is 6.01. The number of ketones is 1. The lowest BCUT2D eigenvalue weighted by Gasteiger charge is -2.34. The lowest BCUT2D eigenvalue weighted by atomic mass is 9.73. The van der Waals surface area contributed by atoms with E-state index in [1.54, 1.807) is 0 Å². The highest BCUT2D eigenvalue weighted by molar-refractivity contribution is 5.82. The lowest BCUT2D eigenvalue weighted by Crippen LogP contribution is -2.41. The van der Waals surface area contributed by atoms with Crippen LogP contribution in [0.3, 0.4) is 0 Å². The third kappa shape index (κ3) is 2.17. The maximum atomic E-state index is 11.7. The number of hydrogen-bond acceptors (Lipinski definition) is 2. The highest BCUT2D eigenvalue weighted by Gasteiger charge is 2.31. The summed E-state index contributed by atoms with van der Waals surface area (Å²) >= 11 is 0. The second kappa shape index (κ2) is 4.43. The molecule has 2 aliphatic rings. The van der Waals surface area contributed by atoms with Gasteiger partial charge in [0.15, 0.2) is 0 Å². The summed E-state index contributed by atoms with van der Waals surface area (Å²) < 4.78 is 0. The van der Waals surface area contributed by atoms with Gasteiger partial charge < -0.3 is 5.32 Å². The molecular weight excluding hydrogens is 174 g/mol. The number of Topliss-reactive ketones (excluding diaryl/α,β-unsaturated/α-hetero) is 1. The van der Waals surface area contributed by atoms with Gasteiger partial charge in [0.1, 0.15) is 5.78 Å². The molecule has 1 saturated heterocycles. The molecule has 1 aliphatic heterocycles. The van der Waals surface area contributed by atoms with E-state index in [9.17, 15) is 4.79 Å². The predicted molar refractivity (Wildman–Crippen MR) is 57.1 cm³/mol. The Balaban J connectivity index is 1.90. The highest BCUT2D eigenvalue weighted by atomic mass is 16.1. The minimum Gasteiger partial charge on any atom is -0.316 e. The number of hydrogen-bond donors (Lipinski definition) is 1. The Kier molecular flexibility index (Phi) is 3.22. The number of carbonyl (C=O) groups is 1. The van der Waals surface area contributed by atoms with E-state index in [4.69, 9.17) is 0 Å². The van der Waals surface area contributed by atoms with Crippen molar-refractivity contribution >= 4 is 5.78 Å². The first kappa shape index (κ1) is 10.2. The van der Waals surface area contributed by atoms with Crippen LogP contribution in [0, 0.1) is 17.8 Å². The van der Waals surface area contributed by atoms with Gasteiger partial charge in [-0.25, -0.2) is 0 Å². The van der Waals surface area contributed by atoms with E-state index >= 15 is 0 Å². The van der Waals surface area contributed by atoms with E-state index in [2.05, 4.69) is 12.2 Å². The third-order valence-electron chi connectivity index (χ3n) is 3.96. The van der Waals surface area contributed by atoms with Crippen molar-refractivity contribution in [3.8, 4) is 0 Å². The van der Waals surface area contributed by atoms with Gasteiger partial charge in [-0.1, -0.05) is 19.8 Å². The minimum absolute atomic E-state index is 0.344. The van der Waals surface area contributed by atoms with E-state index in [1.807, 2.05) is 0 Å². The Morgan fingerprint density at radius 2 is 1.93 bits per heavy atom. The Morgan fingerprint density at radius 3 is 2.57 bits per heavy atom. The second-order valence-electron chi connectivity index (χ2n) is 5.05. The highest BCUT2D eigenvalue weighted by Crippen LogP contribution is 2.34. The van der Waals surface area contributed by atoms with E-state index in [0.29, 0.717) is 17.6 Å². The van der Waals surface area contributed by atoms with Crippen molar-refractivity contribution in [2.24, 2.45) is 17.8 Å². The minimum atomic E-state index is 0.344. The van der Waals surface area contributed by atoms with Crippen LogP contribution in [0.15, 0.2) is 0 Å². The molecule has 80 valence electrons. The molecule has 0 aromatic heterocycles. The van der Waals surface area contributed by atoms with Gasteiger partial charge in [-0.05, 0) is 24.7 Å². The zero-order chi connectivity index (χ0) is 9.97. The molecule has 2 rings (SSSR count). The molecule has 1 atom stereocenters. The van der Waals surface area contributed by atoms with Gasteiger partial charge in [-0.3, -0.25) is 4.79 Å². The van der Waals surface area contributed by atoms with Gasteiger partial charge in [0.05, 0.1) is 0 Å². The molecule has 0 aromatic carbocycles. The smallest absolute Gasteiger partial charge is 0.138 e. The zero-order valence-electron chi connectivity index (χ0n) is 9.09. The van der Waals surface area contributed by atoms with Crippen LogP contribution in [0.4, 0.5) is 0 Å². The topological polar surface area (TPSA) is 29.1 Å². The van der Waals surface area contributed by atoms with Crippen molar-refractivity contribution in [2.45, 2.75) is 39.0 Å². The molecule has 1 aliphatic carbocycles. The van der Waals surface area contributed by atoms with E-state index in [1.165, 1.54) is 25.7 Å². The monoisotopic (exact) mass is 195 g/mol. The summed E-state index contributed by atoms with van der Waals surface area (Å²) in [4.78, 5) is 11.7. The Bertz CT molecular complexity index is 206. The summed E-state index contributed by atoms with van der Waals surface area (Å²) in [6.45, 7) is 4.17. The van der Waals surface area contributed by atoms with Crippen LogP contribution in [-0.2, 0) is 4.79 Å². The fraction of sp³-hybridized carbons (Fsp3) is 0.917. The molecule has 2 nitrogen and oxygen atoms in total. The van der Waals surface area contributed by atoms with Crippen LogP contribution < -0.4 is 5.32 Å². The maximum Gasteiger partial charge on any atom is 0.138 e. The van der Waals surface area contributed by atoms with Crippen molar-refractivity contribution in [1.82, 2.24) is 5.32 Å². The average Bonchev–Trinajstić information content (AvgIpc) is 2.20. The van der Waals surface area contributed by atoms with E-state index in [0.717, 1.165) is 25.4 Å². The Hall–Kier alpha value is -0.370. The van der Waals surface area contributed by atoms with Crippen molar-refractivity contribution in [3.63, 3.8) is 0 Å². The number of rotatable bonds is 1. The van der Waals surface area contributed by atoms with Gasteiger partial charge in [-0.15, -0.1) is 0 Å².